The van der Waals surface area contributed by atoms with Crippen LogP contribution in [0.15, 0.2) is 48.6 Å². The van der Waals surface area contributed by atoms with E-state index >= 15 is 0 Å². The van der Waals surface area contributed by atoms with Crippen LogP contribution in [0.25, 0.3) is 0 Å². The number of hydrogen-bond donors (Lipinski definition) is 1. The summed E-state index contributed by atoms with van der Waals surface area (Å²) in [5.41, 5.74) is 1.75. The second-order valence-corrected chi connectivity index (χ2v) is 11.7. The highest BCUT2D eigenvalue weighted by atomic mass is 16.5. The average Bonchev–Trinajstić information content (AvgIpc) is 2.96. The van der Waals surface area contributed by atoms with Crippen LogP contribution < -0.4 is 4.74 Å². The molecule has 0 aliphatic heterocycles. The molecule has 0 radical (unpaired) electrons. The summed E-state index contributed by atoms with van der Waals surface area (Å²) < 4.78 is 17.0. The molecule has 2 aliphatic rings. The van der Waals surface area contributed by atoms with Gasteiger partial charge >= 0.3 is 11.9 Å². The molecule has 2 aliphatic carbocycles. The van der Waals surface area contributed by atoms with Crippen LogP contribution in [0.1, 0.15) is 77.2 Å². The van der Waals surface area contributed by atoms with Crippen molar-refractivity contribution in [3.05, 3.63) is 54.1 Å². The molecule has 2 fully saturated rings. The van der Waals surface area contributed by atoms with E-state index in [0.717, 1.165) is 62.7 Å². The molecular formula is C33H48O6. The van der Waals surface area contributed by atoms with Crippen molar-refractivity contribution in [2.45, 2.75) is 78.1 Å². The van der Waals surface area contributed by atoms with Crippen LogP contribution in [0.5, 0.6) is 5.75 Å². The first kappa shape index (κ1) is 30.9. The van der Waals surface area contributed by atoms with Gasteiger partial charge in [0.1, 0.15) is 5.75 Å². The number of hydrogen-bond acceptors (Lipinski definition) is 6. The van der Waals surface area contributed by atoms with Crippen molar-refractivity contribution in [1.82, 2.24) is 0 Å². The predicted octanol–water partition coefficient (Wildman–Crippen LogP) is 6.46. The van der Waals surface area contributed by atoms with E-state index in [1.807, 2.05) is 0 Å². The maximum atomic E-state index is 12.0. The van der Waals surface area contributed by atoms with Gasteiger partial charge < -0.3 is 19.3 Å². The molecule has 6 heteroatoms. The lowest BCUT2D eigenvalue weighted by Gasteiger charge is -2.39. The summed E-state index contributed by atoms with van der Waals surface area (Å²) in [4.78, 5) is 24.0. The van der Waals surface area contributed by atoms with Crippen LogP contribution in [0.2, 0.25) is 0 Å². The zero-order valence-electron chi connectivity index (χ0n) is 24.0. The van der Waals surface area contributed by atoms with Gasteiger partial charge in [-0.2, -0.15) is 0 Å². The number of carbonyl (C=O) groups is 2. The van der Waals surface area contributed by atoms with E-state index in [4.69, 9.17) is 19.3 Å². The van der Waals surface area contributed by atoms with E-state index < -0.39 is 18.5 Å². The molecule has 6 nitrogen and oxygen atoms in total. The molecule has 0 saturated heterocycles. The Kier molecular flexibility index (Phi) is 12.6. The first-order chi connectivity index (χ1) is 18.8. The Balaban J connectivity index is 1.43. The van der Waals surface area contributed by atoms with E-state index in [2.05, 4.69) is 44.3 Å². The minimum atomic E-state index is -0.600. The standard InChI is InChI=1S/C33H48O6/c1-5-6-25-9-17-31(18-10-25)37-20-26-7-11-27(12-8-26)28-13-15-29(16-14-28)30(21-38-32(35)23(2)3)22-39-33(36)24(4)19-34/h9-10,17-18,26-30,34H,2,4-8,11-16,19-22H2,1,3H3. The molecule has 1 unspecified atom stereocenters. The Morgan fingerprint density at radius 3 is 2.00 bits per heavy atom. The number of benzene rings is 1. The van der Waals surface area contributed by atoms with Crippen molar-refractivity contribution < 1.29 is 28.9 Å². The summed E-state index contributed by atoms with van der Waals surface area (Å²) in [7, 11) is 0. The lowest BCUT2D eigenvalue weighted by molar-refractivity contribution is -0.146. The van der Waals surface area contributed by atoms with E-state index in [0.29, 0.717) is 17.4 Å². The third-order valence-corrected chi connectivity index (χ3v) is 8.67. The molecule has 2 saturated carbocycles. The van der Waals surface area contributed by atoms with Crippen molar-refractivity contribution in [2.24, 2.45) is 29.6 Å². The predicted molar refractivity (Wildman–Crippen MR) is 153 cm³/mol. The fourth-order valence-electron chi connectivity index (χ4n) is 6.14. The van der Waals surface area contributed by atoms with Gasteiger partial charge in [0.25, 0.3) is 0 Å². The van der Waals surface area contributed by atoms with Gasteiger partial charge in [-0.05, 0) is 106 Å². The number of aryl methyl sites for hydroxylation is 1. The Morgan fingerprint density at radius 1 is 0.897 bits per heavy atom. The minimum Gasteiger partial charge on any atom is -0.493 e. The minimum absolute atomic E-state index is 0.0299. The van der Waals surface area contributed by atoms with Gasteiger partial charge in [0.2, 0.25) is 0 Å². The maximum Gasteiger partial charge on any atom is 0.335 e. The first-order valence-electron chi connectivity index (χ1n) is 14.8. The number of esters is 2. The summed E-state index contributed by atoms with van der Waals surface area (Å²) in [6, 6.07) is 8.56. The molecule has 39 heavy (non-hydrogen) atoms. The van der Waals surface area contributed by atoms with E-state index in [-0.39, 0.29) is 24.7 Å². The highest BCUT2D eigenvalue weighted by molar-refractivity contribution is 5.88. The van der Waals surface area contributed by atoms with Gasteiger partial charge in [0, 0.05) is 11.5 Å². The smallest absolute Gasteiger partial charge is 0.335 e. The SMILES string of the molecule is C=C(C)C(=O)OCC(COC(=O)C(=C)CO)C1CCC(C2CCC(COc3ccc(CCC)cc3)CC2)CC1. The lowest BCUT2D eigenvalue weighted by atomic mass is 9.67. The highest BCUT2D eigenvalue weighted by Crippen LogP contribution is 2.43. The van der Waals surface area contributed by atoms with Crippen LogP contribution in [0.3, 0.4) is 0 Å². The fraction of sp³-hybridized carbons (Fsp3) is 0.636. The summed E-state index contributed by atoms with van der Waals surface area (Å²) in [5.74, 6) is 2.32. The van der Waals surface area contributed by atoms with Crippen molar-refractivity contribution >= 4 is 11.9 Å². The van der Waals surface area contributed by atoms with Crippen LogP contribution in [0, 0.1) is 29.6 Å². The van der Waals surface area contributed by atoms with Crippen LogP contribution in [-0.2, 0) is 25.5 Å². The Bertz CT molecular complexity index is 935. The number of aliphatic hydroxyl groups excluding tert-OH is 1. The summed E-state index contributed by atoms with van der Waals surface area (Å²) in [6.45, 7) is 11.7. The fourth-order valence-corrected chi connectivity index (χ4v) is 6.14. The Labute approximate surface area is 234 Å². The quantitative estimate of drug-likeness (QED) is 0.215. The molecule has 1 aromatic carbocycles. The van der Waals surface area contributed by atoms with Gasteiger partial charge in [0.15, 0.2) is 0 Å². The van der Waals surface area contributed by atoms with Gasteiger partial charge in [-0.15, -0.1) is 0 Å². The molecule has 0 heterocycles. The van der Waals surface area contributed by atoms with Crippen molar-refractivity contribution in [3.8, 4) is 5.75 Å². The molecular weight excluding hydrogens is 492 g/mol. The van der Waals surface area contributed by atoms with Crippen molar-refractivity contribution in [2.75, 3.05) is 26.4 Å². The third kappa shape index (κ3) is 9.82. The molecule has 3 rings (SSSR count). The van der Waals surface area contributed by atoms with Gasteiger partial charge in [-0.3, -0.25) is 0 Å². The Morgan fingerprint density at radius 2 is 1.46 bits per heavy atom. The topological polar surface area (TPSA) is 82.1 Å². The normalized spacial score (nSPS) is 23.9. The lowest BCUT2D eigenvalue weighted by Crippen LogP contribution is -2.33. The summed E-state index contributed by atoms with van der Waals surface area (Å²) in [5, 5.41) is 9.15. The van der Waals surface area contributed by atoms with Crippen LogP contribution in [-0.4, -0.2) is 43.5 Å². The number of ether oxygens (including phenoxy) is 3. The maximum absolute atomic E-state index is 12.0. The van der Waals surface area contributed by atoms with E-state index in [9.17, 15) is 9.59 Å². The van der Waals surface area contributed by atoms with Crippen molar-refractivity contribution in [3.63, 3.8) is 0 Å². The van der Waals surface area contributed by atoms with Crippen LogP contribution in [0.4, 0.5) is 0 Å². The monoisotopic (exact) mass is 540 g/mol. The highest BCUT2D eigenvalue weighted by Gasteiger charge is 2.34. The summed E-state index contributed by atoms with van der Waals surface area (Å²) in [6.07, 6.45) is 11.6. The number of carbonyl (C=O) groups excluding carboxylic acids is 2. The van der Waals surface area contributed by atoms with Gasteiger partial charge in [0.05, 0.1) is 32.0 Å². The zero-order chi connectivity index (χ0) is 28.2. The first-order valence-corrected chi connectivity index (χ1v) is 14.8. The van der Waals surface area contributed by atoms with E-state index in [1.165, 1.54) is 31.2 Å². The molecule has 1 N–H and O–H groups in total. The molecule has 0 bridgehead atoms. The van der Waals surface area contributed by atoms with Crippen molar-refractivity contribution in [1.29, 1.82) is 0 Å². The average molecular weight is 541 g/mol. The van der Waals surface area contributed by atoms with Gasteiger partial charge in [-0.25, -0.2) is 9.59 Å². The molecule has 216 valence electrons. The summed E-state index contributed by atoms with van der Waals surface area (Å²) >= 11 is 0. The molecule has 1 aromatic rings. The van der Waals surface area contributed by atoms with Gasteiger partial charge in [-0.1, -0.05) is 38.6 Å². The van der Waals surface area contributed by atoms with E-state index in [1.54, 1.807) is 6.92 Å². The molecule has 0 spiro atoms. The van der Waals surface area contributed by atoms with Crippen LogP contribution >= 0.6 is 0 Å². The Hall–Kier alpha value is -2.60. The number of aliphatic hydroxyl groups is 1. The molecule has 0 amide bonds. The molecule has 0 aromatic heterocycles. The third-order valence-electron chi connectivity index (χ3n) is 8.67. The zero-order valence-corrected chi connectivity index (χ0v) is 24.0. The number of rotatable bonds is 14. The largest absolute Gasteiger partial charge is 0.493 e. The second kappa shape index (κ2) is 15.9. The molecule has 1 atom stereocenters. The second-order valence-electron chi connectivity index (χ2n) is 11.7.